The highest BCUT2D eigenvalue weighted by Crippen LogP contribution is 2.27. The van der Waals surface area contributed by atoms with Crippen LogP contribution in [0.2, 0.25) is 6.04 Å². The van der Waals surface area contributed by atoms with Crippen molar-refractivity contribution >= 4 is 45.3 Å². The van der Waals surface area contributed by atoms with Crippen LogP contribution in [0.1, 0.15) is 199 Å². The summed E-state index contributed by atoms with van der Waals surface area (Å²) in [5.74, 6) is 0. The molecule has 0 heterocycles. The molecule has 238 valence electrons. The first kappa shape index (κ1) is 40.5. The average molecular weight is 639 g/mol. The highest BCUT2D eigenvalue weighted by atomic mass is 35.8. The monoisotopic (exact) mass is 637 g/mol. The minimum atomic E-state index is -2.37. The zero-order valence-corrected chi connectivity index (χ0v) is 29.6. The minimum absolute atomic E-state index is 0.664. The zero-order chi connectivity index (χ0) is 29.2. The Bertz CT molecular complexity index is 538. The Labute approximate surface area is 265 Å². The van der Waals surface area contributed by atoms with Crippen molar-refractivity contribution in [2.24, 2.45) is 4.99 Å². The number of rotatable bonds is 34. The van der Waals surface area contributed by atoms with E-state index in [1.807, 2.05) is 0 Å². The number of hydrogen-bond acceptors (Lipinski definition) is 2. The van der Waals surface area contributed by atoms with Crippen molar-refractivity contribution in [3.05, 3.63) is 0 Å². The molecule has 6 heteroatoms. The fraction of sp³-hybridized carbons (Fsp3) is 0.971. The molecule has 0 spiro atoms. The Balaban J connectivity index is 3.05. The van der Waals surface area contributed by atoms with E-state index in [1.54, 1.807) is 6.08 Å². The summed E-state index contributed by atoms with van der Waals surface area (Å²) in [5.41, 5.74) is 0. The number of aliphatic imine (C=N–C) groups is 1. The normalized spacial score (nSPS) is 11.7. The lowest BCUT2D eigenvalue weighted by molar-refractivity contribution is 0.512. The molecule has 0 N–H and O–H groups in total. The lowest BCUT2D eigenvalue weighted by Crippen LogP contribution is -2.07. The largest absolute Gasteiger partial charge is 0.341 e. The molecule has 0 aliphatic rings. The number of nitrogens with zero attached hydrogens (tertiary/aromatic N) is 1. The van der Waals surface area contributed by atoms with Crippen molar-refractivity contribution < 1.29 is 4.79 Å². The van der Waals surface area contributed by atoms with Gasteiger partial charge in [-0.15, -0.1) is 33.2 Å². The Morgan fingerprint density at radius 1 is 0.350 bits per heavy atom. The number of unbranched alkanes of at least 4 members (excludes halogenated alkanes) is 30. The molecule has 0 saturated carbocycles. The van der Waals surface area contributed by atoms with Gasteiger partial charge in [0.2, 0.25) is 6.08 Å². The van der Waals surface area contributed by atoms with E-state index in [1.165, 1.54) is 186 Å². The van der Waals surface area contributed by atoms with Gasteiger partial charge in [-0.25, -0.2) is 9.79 Å². The molecule has 0 saturated heterocycles. The molecule has 0 aromatic carbocycles. The van der Waals surface area contributed by atoms with Crippen LogP contribution in [-0.4, -0.2) is 18.6 Å². The SMILES string of the molecule is O=C=NCCCCCCCCCCCCCCCCCCCCCCCCCCCCCCCCC[Si](Cl)(Cl)Cl. The van der Waals surface area contributed by atoms with E-state index in [0.29, 0.717) is 6.54 Å². The summed E-state index contributed by atoms with van der Waals surface area (Å²) in [5, 5.41) is 0. The molecule has 0 amide bonds. The Morgan fingerprint density at radius 2 is 0.550 bits per heavy atom. The summed E-state index contributed by atoms with van der Waals surface area (Å²) >= 11 is 17.8. The first-order valence-corrected chi connectivity index (χ1v) is 22.9. The van der Waals surface area contributed by atoms with Gasteiger partial charge in [-0.3, -0.25) is 0 Å². The van der Waals surface area contributed by atoms with Crippen molar-refractivity contribution in [2.45, 2.75) is 205 Å². The van der Waals surface area contributed by atoms with Crippen LogP contribution in [0.25, 0.3) is 0 Å². The van der Waals surface area contributed by atoms with Crippen molar-refractivity contribution in [1.29, 1.82) is 0 Å². The second kappa shape index (κ2) is 34.0. The van der Waals surface area contributed by atoms with E-state index in [2.05, 4.69) is 4.99 Å². The summed E-state index contributed by atoms with van der Waals surface area (Å²) in [4.78, 5) is 13.6. The number of hydrogen-bond donors (Lipinski definition) is 0. The van der Waals surface area contributed by atoms with E-state index in [0.717, 1.165) is 18.9 Å². The van der Waals surface area contributed by atoms with Crippen LogP contribution in [-0.2, 0) is 4.79 Å². The van der Waals surface area contributed by atoms with Crippen LogP contribution in [0.3, 0.4) is 0 Å². The quantitative estimate of drug-likeness (QED) is 0.0227. The maximum Gasteiger partial charge on any atom is 0.341 e. The summed E-state index contributed by atoms with van der Waals surface area (Å²) in [7, 11) is 0. The van der Waals surface area contributed by atoms with Gasteiger partial charge < -0.3 is 0 Å². The lowest BCUT2D eigenvalue weighted by atomic mass is 10.0. The van der Waals surface area contributed by atoms with E-state index < -0.39 is 6.00 Å². The summed E-state index contributed by atoms with van der Waals surface area (Å²) in [6.45, 7) is 0.664. The first-order chi connectivity index (χ1) is 19.6. The van der Waals surface area contributed by atoms with Crippen LogP contribution in [0.5, 0.6) is 0 Å². The van der Waals surface area contributed by atoms with E-state index in [-0.39, 0.29) is 0 Å². The van der Waals surface area contributed by atoms with Gasteiger partial charge in [0.15, 0.2) is 0 Å². The predicted octanol–water partition coefficient (Wildman–Crippen LogP) is 14.1. The number of halogens is 3. The van der Waals surface area contributed by atoms with Gasteiger partial charge >= 0.3 is 6.00 Å². The zero-order valence-electron chi connectivity index (χ0n) is 26.3. The highest BCUT2D eigenvalue weighted by Gasteiger charge is 2.23. The fourth-order valence-corrected chi connectivity index (χ4v) is 7.54. The summed E-state index contributed by atoms with van der Waals surface area (Å²) < 4.78 is 0. The molecule has 0 aromatic heterocycles. The van der Waals surface area contributed by atoms with Crippen LogP contribution in [0.4, 0.5) is 0 Å². The van der Waals surface area contributed by atoms with Gasteiger partial charge in [0, 0.05) is 0 Å². The van der Waals surface area contributed by atoms with Crippen LogP contribution < -0.4 is 0 Å². The van der Waals surface area contributed by atoms with Crippen LogP contribution in [0.15, 0.2) is 4.99 Å². The van der Waals surface area contributed by atoms with E-state index in [4.69, 9.17) is 33.2 Å². The van der Waals surface area contributed by atoms with Gasteiger partial charge in [-0.1, -0.05) is 193 Å². The number of isocyanates is 1. The molecule has 0 bridgehead atoms. The van der Waals surface area contributed by atoms with E-state index in [9.17, 15) is 4.79 Å². The standard InChI is InChI=1S/C34H66Cl3NOSi/c35-40(36,37)33-31-29-27-25-23-21-19-17-15-13-11-9-7-5-3-1-2-4-6-8-10-12-14-16-18-20-22-24-26-28-30-32-38-34-39/h1-33H2. The van der Waals surface area contributed by atoms with Crippen molar-refractivity contribution in [3.8, 4) is 0 Å². The number of carbonyl (C=O) groups excluding carboxylic acids is 1. The molecule has 0 rings (SSSR count). The average Bonchev–Trinajstić information content (AvgIpc) is 2.92. The summed E-state index contributed by atoms with van der Waals surface area (Å²) in [6, 6.07) is -1.55. The van der Waals surface area contributed by atoms with Crippen LogP contribution in [0, 0.1) is 0 Å². The Hall–Kier alpha value is 0.467. The fourth-order valence-electron chi connectivity index (χ4n) is 5.69. The third-order valence-corrected chi connectivity index (χ3v) is 10.9. The third kappa shape index (κ3) is 38.5. The van der Waals surface area contributed by atoms with Gasteiger partial charge in [0.05, 0.1) is 6.54 Å². The van der Waals surface area contributed by atoms with Gasteiger partial charge in [-0.2, -0.15) is 0 Å². The maximum absolute atomic E-state index is 9.99. The predicted molar refractivity (Wildman–Crippen MR) is 184 cm³/mol. The molecule has 0 aromatic rings. The topological polar surface area (TPSA) is 29.4 Å². The highest BCUT2D eigenvalue weighted by molar-refractivity contribution is 7.64. The molecule has 0 fully saturated rings. The molecule has 0 aliphatic heterocycles. The first-order valence-electron chi connectivity index (χ1n) is 17.7. The molecule has 0 aliphatic carbocycles. The van der Waals surface area contributed by atoms with Crippen LogP contribution >= 0.6 is 33.2 Å². The smallest absolute Gasteiger partial charge is 0.211 e. The summed E-state index contributed by atoms with van der Waals surface area (Å²) in [6.07, 6.45) is 44.5. The van der Waals surface area contributed by atoms with Crippen molar-refractivity contribution in [2.75, 3.05) is 6.54 Å². The lowest BCUT2D eigenvalue weighted by Gasteiger charge is -2.07. The molecular weight excluding hydrogens is 573 g/mol. The second-order valence-electron chi connectivity index (χ2n) is 12.3. The van der Waals surface area contributed by atoms with Gasteiger partial charge in [0.25, 0.3) is 0 Å². The molecule has 0 radical (unpaired) electrons. The molecular formula is C34H66Cl3NOSi. The van der Waals surface area contributed by atoms with Gasteiger partial charge in [0.1, 0.15) is 0 Å². The molecule has 0 atom stereocenters. The van der Waals surface area contributed by atoms with E-state index >= 15 is 0 Å². The third-order valence-electron chi connectivity index (χ3n) is 8.29. The molecule has 40 heavy (non-hydrogen) atoms. The maximum atomic E-state index is 9.99. The Morgan fingerprint density at radius 3 is 0.750 bits per heavy atom. The van der Waals surface area contributed by atoms with Crippen molar-refractivity contribution in [3.63, 3.8) is 0 Å². The molecule has 0 unspecified atom stereocenters. The van der Waals surface area contributed by atoms with Crippen molar-refractivity contribution in [1.82, 2.24) is 0 Å². The molecule has 2 nitrogen and oxygen atoms in total. The Kier molecular flexibility index (Phi) is 34.4. The minimum Gasteiger partial charge on any atom is -0.211 e. The van der Waals surface area contributed by atoms with Gasteiger partial charge in [-0.05, 0) is 12.5 Å². The second-order valence-corrected chi connectivity index (χ2v) is 21.6.